The first kappa shape index (κ1) is 15.6. The number of carboxylic acid groups (broad SMARTS) is 1. The van der Waals surface area contributed by atoms with Gasteiger partial charge < -0.3 is 15.3 Å². The van der Waals surface area contributed by atoms with Crippen molar-refractivity contribution in [1.29, 1.82) is 0 Å². The minimum absolute atomic E-state index is 0.0291. The Hall–Kier alpha value is -2.45. The molecule has 0 aromatic carbocycles. The highest BCUT2D eigenvalue weighted by atomic mass is 16.4. The quantitative estimate of drug-likeness (QED) is 0.660. The van der Waals surface area contributed by atoms with E-state index in [1.807, 2.05) is 13.8 Å². The summed E-state index contributed by atoms with van der Waals surface area (Å²) >= 11 is 0. The lowest BCUT2D eigenvalue weighted by atomic mass is 10.4. The van der Waals surface area contributed by atoms with Crippen LogP contribution in [0, 0.1) is 0 Å². The number of carboxylic acids is 1. The summed E-state index contributed by atoms with van der Waals surface area (Å²) in [4.78, 5) is 35.4. The van der Waals surface area contributed by atoms with E-state index in [2.05, 4.69) is 15.6 Å². The fourth-order valence-corrected chi connectivity index (χ4v) is 1.55. The summed E-state index contributed by atoms with van der Waals surface area (Å²) < 4.78 is 1.03. The number of hydrogen-bond acceptors (Lipinski definition) is 5. The first-order valence-electron chi connectivity index (χ1n) is 6.15. The summed E-state index contributed by atoms with van der Waals surface area (Å²) in [5.41, 5.74) is -0.0291. The van der Waals surface area contributed by atoms with Crippen molar-refractivity contribution in [3.63, 3.8) is 0 Å². The predicted octanol–water partition coefficient (Wildman–Crippen LogP) is -1.04. The molecule has 0 bridgehead atoms. The van der Waals surface area contributed by atoms with Gasteiger partial charge in [0.2, 0.25) is 5.91 Å². The Kier molecular flexibility index (Phi) is 5.63. The van der Waals surface area contributed by atoms with Crippen LogP contribution in [0.25, 0.3) is 0 Å². The summed E-state index contributed by atoms with van der Waals surface area (Å²) in [5.74, 6) is -1.85. The zero-order chi connectivity index (χ0) is 15.1. The van der Waals surface area contributed by atoms with Crippen LogP contribution >= 0.6 is 0 Å². The minimum atomic E-state index is -1.08. The van der Waals surface area contributed by atoms with E-state index in [1.165, 1.54) is 6.20 Å². The Morgan fingerprint density at radius 1 is 1.35 bits per heavy atom. The van der Waals surface area contributed by atoms with Crippen molar-refractivity contribution in [2.24, 2.45) is 0 Å². The van der Waals surface area contributed by atoms with Crippen molar-refractivity contribution in [3.8, 4) is 0 Å². The van der Waals surface area contributed by atoms with Crippen LogP contribution in [-0.4, -0.2) is 62.4 Å². The molecule has 0 unspecified atom stereocenters. The molecule has 0 fully saturated rings. The number of amides is 2. The van der Waals surface area contributed by atoms with Crippen LogP contribution in [0.5, 0.6) is 0 Å². The normalized spacial score (nSPS) is 10.1. The topological polar surface area (TPSA) is 117 Å². The van der Waals surface area contributed by atoms with E-state index in [4.69, 9.17) is 5.11 Å². The van der Waals surface area contributed by atoms with Crippen molar-refractivity contribution in [2.45, 2.75) is 20.4 Å². The first-order chi connectivity index (χ1) is 9.47. The average Bonchev–Trinajstić information content (AvgIpc) is 2.85. The molecular weight excluding hydrogens is 266 g/mol. The third kappa shape index (κ3) is 4.34. The smallest absolute Gasteiger partial charge is 0.325 e. The maximum absolute atomic E-state index is 11.7. The van der Waals surface area contributed by atoms with Crippen molar-refractivity contribution >= 4 is 17.8 Å². The van der Waals surface area contributed by atoms with Crippen LogP contribution < -0.4 is 5.32 Å². The van der Waals surface area contributed by atoms with Gasteiger partial charge in [-0.25, -0.2) is 4.68 Å². The Bertz CT molecular complexity index is 495. The van der Waals surface area contributed by atoms with Crippen LogP contribution in [0.15, 0.2) is 6.20 Å². The second-order valence-electron chi connectivity index (χ2n) is 3.94. The van der Waals surface area contributed by atoms with Crippen LogP contribution in [0.1, 0.15) is 24.3 Å². The Morgan fingerprint density at radius 3 is 2.55 bits per heavy atom. The third-order valence-electron chi connectivity index (χ3n) is 2.58. The van der Waals surface area contributed by atoms with Gasteiger partial charge >= 0.3 is 5.97 Å². The van der Waals surface area contributed by atoms with Gasteiger partial charge in [-0.1, -0.05) is 5.21 Å². The van der Waals surface area contributed by atoms with E-state index in [0.29, 0.717) is 13.1 Å². The lowest BCUT2D eigenvalue weighted by Gasteiger charge is -2.18. The van der Waals surface area contributed by atoms with E-state index in [9.17, 15) is 14.4 Å². The number of aliphatic carboxylic acids is 1. The van der Waals surface area contributed by atoms with E-state index < -0.39 is 11.9 Å². The number of aromatic nitrogens is 3. The molecule has 9 heteroatoms. The highest BCUT2D eigenvalue weighted by Gasteiger charge is 2.15. The minimum Gasteiger partial charge on any atom is -0.480 e. The number of carbonyl (C=O) groups is 3. The zero-order valence-corrected chi connectivity index (χ0v) is 11.4. The molecule has 0 saturated carbocycles. The Morgan fingerprint density at radius 2 is 2.00 bits per heavy atom. The molecule has 1 aromatic heterocycles. The molecule has 1 aromatic rings. The lowest BCUT2D eigenvalue weighted by molar-refractivity contribution is -0.138. The number of nitrogens with zero attached hydrogens (tertiary/aromatic N) is 4. The van der Waals surface area contributed by atoms with Crippen molar-refractivity contribution < 1.29 is 19.5 Å². The van der Waals surface area contributed by atoms with Crippen molar-refractivity contribution in [1.82, 2.24) is 25.2 Å². The maximum Gasteiger partial charge on any atom is 0.325 e. The van der Waals surface area contributed by atoms with Gasteiger partial charge in [0.25, 0.3) is 5.91 Å². The van der Waals surface area contributed by atoms with Gasteiger partial charge in [0.1, 0.15) is 6.54 Å². The molecule has 2 amide bonds. The molecule has 0 aliphatic rings. The summed E-state index contributed by atoms with van der Waals surface area (Å²) in [6, 6.07) is 0. The van der Waals surface area contributed by atoms with Gasteiger partial charge in [0.05, 0.1) is 12.7 Å². The van der Waals surface area contributed by atoms with Gasteiger partial charge in [-0.3, -0.25) is 14.4 Å². The molecule has 0 atom stereocenters. The first-order valence-corrected chi connectivity index (χ1v) is 6.15. The number of hydrogen-bond donors (Lipinski definition) is 2. The molecule has 1 heterocycles. The van der Waals surface area contributed by atoms with Crippen LogP contribution in [-0.2, 0) is 16.1 Å². The van der Waals surface area contributed by atoms with E-state index in [-0.39, 0.29) is 24.7 Å². The highest BCUT2D eigenvalue weighted by Crippen LogP contribution is 1.94. The fraction of sp³-hybridized carbons (Fsp3) is 0.545. The fourth-order valence-electron chi connectivity index (χ4n) is 1.55. The molecule has 2 N–H and O–H groups in total. The van der Waals surface area contributed by atoms with Crippen LogP contribution in [0.4, 0.5) is 0 Å². The van der Waals surface area contributed by atoms with Crippen LogP contribution in [0.3, 0.4) is 0 Å². The van der Waals surface area contributed by atoms with Gasteiger partial charge in [0, 0.05) is 13.1 Å². The van der Waals surface area contributed by atoms with Crippen LogP contribution in [0.2, 0.25) is 0 Å². The molecule has 0 spiro atoms. The average molecular weight is 283 g/mol. The monoisotopic (exact) mass is 283 g/mol. The van der Waals surface area contributed by atoms with E-state index >= 15 is 0 Å². The summed E-state index contributed by atoms with van der Waals surface area (Å²) in [7, 11) is 0. The third-order valence-corrected chi connectivity index (χ3v) is 2.58. The predicted molar refractivity (Wildman–Crippen MR) is 67.9 cm³/mol. The number of carbonyl (C=O) groups excluding carboxylic acids is 2. The largest absolute Gasteiger partial charge is 0.480 e. The summed E-state index contributed by atoms with van der Waals surface area (Å²) in [6.07, 6.45) is 1.21. The highest BCUT2D eigenvalue weighted by molar-refractivity contribution is 5.94. The standard InChI is InChI=1S/C11H17N5O4/c1-3-15(4-2)9(17)5-12-11(20)8-6-16(14-13-8)7-10(18)19/h6H,3-5,7H2,1-2H3,(H,12,20)(H,18,19). The lowest BCUT2D eigenvalue weighted by Crippen LogP contribution is -2.40. The Labute approximate surface area is 115 Å². The number of likely N-dealkylation sites (N-methyl/N-ethyl adjacent to an activating group) is 1. The van der Waals surface area contributed by atoms with Gasteiger partial charge in [-0.2, -0.15) is 0 Å². The Balaban J connectivity index is 2.52. The second kappa shape index (κ2) is 7.22. The van der Waals surface area contributed by atoms with Gasteiger partial charge in [-0.15, -0.1) is 5.10 Å². The summed E-state index contributed by atoms with van der Waals surface area (Å²) in [6.45, 7) is 4.33. The SMILES string of the molecule is CCN(CC)C(=O)CNC(=O)c1cn(CC(=O)O)nn1. The molecule has 0 radical (unpaired) electrons. The molecule has 0 saturated heterocycles. The molecule has 0 aliphatic heterocycles. The van der Waals surface area contributed by atoms with Crippen molar-refractivity contribution in [3.05, 3.63) is 11.9 Å². The molecule has 20 heavy (non-hydrogen) atoms. The molecular formula is C11H17N5O4. The number of nitrogens with one attached hydrogen (secondary N) is 1. The number of rotatable bonds is 7. The van der Waals surface area contributed by atoms with Gasteiger partial charge in [-0.05, 0) is 13.8 Å². The molecule has 0 aliphatic carbocycles. The zero-order valence-electron chi connectivity index (χ0n) is 11.4. The summed E-state index contributed by atoms with van der Waals surface area (Å²) in [5, 5.41) is 18.0. The maximum atomic E-state index is 11.7. The van der Waals surface area contributed by atoms with E-state index in [1.54, 1.807) is 4.90 Å². The molecule has 9 nitrogen and oxygen atoms in total. The van der Waals surface area contributed by atoms with Crippen molar-refractivity contribution in [2.75, 3.05) is 19.6 Å². The van der Waals surface area contributed by atoms with E-state index in [0.717, 1.165) is 4.68 Å². The van der Waals surface area contributed by atoms with Gasteiger partial charge in [0.15, 0.2) is 5.69 Å². The molecule has 110 valence electrons. The molecule has 1 rings (SSSR count). The second-order valence-corrected chi connectivity index (χ2v) is 3.94.